The van der Waals surface area contributed by atoms with E-state index in [1.54, 1.807) is 6.92 Å². The molecule has 2 aromatic rings. The Morgan fingerprint density at radius 1 is 1.29 bits per heavy atom. The number of amides is 2. The van der Waals surface area contributed by atoms with E-state index in [1.807, 2.05) is 6.92 Å². The van der Waals surface area contributed by atoms with Gasteiger partial charge in [0.2, 0.25) is 0 Å². The van der Waals surface area contributed by atoms with Crippen LogP contribution in [0.3, 0.4) is 0 Å². The van der Waals surface area contributed by atoms with Gasteiger partial charge in [0.05, 0.1) is 0 Å². The third-order valence-electron chi connectivity index (χ3n) is 2.78. The number of halogens is 1. The molecular formula is C14H14FN3O3. The molecule has 0 bridgehead atoms. The fraction of sp³-hybridized carbons (Fsp3) is 0.214. The monoisotopic (exact) mass is 291 g/mol. The molecule has 0 saturated heterocycles. The van der Waals surface area contributed by atoms with Gasteiger partial charge in [-0.1, -0.05) is 18.1 Å². The molecule has 21 heavy (non-hydrogen) atoms. The number of hydrogen-bond acceptors (Lipinski definition) is 4. The van der Waals surface area contributed by atoms with Crippen LogP contribution >= 0.6 is 0 Å². The molecule has 2 rings (SSSR count). The van der Waals surface area contributed by atoms with E-state index in [2.05, 4.69) is 15.8 Å². The second-order valence-electron chi connectivity index (χ2n) is 4.34. The van der Waals surface area contributed by atoms with Crippen molar-refractivity contribution < 1.29 is 18.5 Å². The molecule has 1 aromatic heterocycles. The zero-order valence-electron chi connectivity index (χ0n) is 11.6. The Labute approximate surface area is 120 Å². The lowest BCUT2D eigenvalue weighted by atomic mass is 10.2. The number of carbonyl (C=O) groups is 2. The van der Waals surface area contributed by atoms with Gasteiger partial charge in [0, 0.05) is 12.1 Å². The van der Waals surface area contributed by atoms with E-state index < -0.39 is 17.6 Å². The maximum Gasteiger partial charge on any atom is 0.314 e. The predicted octanol–water partition coefficient (Wildman–Crippen LogP) is 2.26. The van der Waals surface area contributed by atoms with Crippen LogP contribution in [0.2, 0.25) is 0 Å². The van der Waals surface area contributed by atoms with Crippen molar-refractivity contribution in [3.05, 3.63) is 41.5 Å². The number of benzene rings is 1. The van der Waals surface area contributed by atoms with Crippen molar-refractivity contribution in [2.75, 3.05) is 10.6 Å². The summed E-state index contributed by atoms with van der Waals surface area (Å²) in [6, 6.07) is 5.27. The van der Waals surface area contributed by atoms with Crippen molar-refractivity contribution in [1.29, 1.82) is 0 Å². The summed E-state index contributed by atoms with van der Waals surface area (Å²) in [5.41, 5.74) is 1.07. The van der Waals surface area contributed by atoms with Crippen molar-refractivity contribution in [3.63, 3.8) is 0 Å². The van der Waals surface area contributed by atoms with E-state index in [0.717, 1.165) is 6.07 Å². The van der Waals surface area contributed by atoms with Gasteiger partial charge in [-0.2, -0.15) is 0 Å². The van der Waals surface area contributed by atoms with Gasteiger partial charge in [0.25, 0.3) is 0 Å². The van der Waals surface area contributed by atoms with Crippen LogP contribution in [0.25, 0.3) is 0 Å². The molecule has 0 spiro atoms. The molecule has 6 nitrogen and oxygen atoms in total. The fourth-order valence-corrected chi connectivity index (χ4v) is 1.74. The number of anilines is 2. The lowest BCUT2D eigenvalue weighted by Crippen LogP contribution is -2.29. The molecule has 2 amide bonds. The highest BCUT2D eigenvalue weighted by Crippen LogP contribution is 2.20. The van der Waals surface area contributed by atoms with Gasteiger partial charge in [0.1, 0.15) is 17.2 Å². The third-order valence-corrected chi connectivity index (χ3v) is 2.78. The highest BCUT2D eigenvalue weighted by Gasteiger charge is 2.19. The second-order valence-corrected chi connectivity index (χ2v) is 4.34. The molecular weight excluding hydrogens is 277 g/mol. The van der Waals surface area contributed by atoms with Crippen LogP contribution in [-0.2, 0) is 16.0 Å². The molecule has 7 heteroatoms. The average Bonchev–Trinajstić information content (AvgIpc) is 2.79. The Bertz CT molecular complexity index is 682. The maximum absolute atomic E-state index is 13.0. The predicted molar refractivity (Wildman–Crippen MR) is 74.3 cm³/mol. The minimum atomic E-state index is -0.900. The van der Waals surface area contributed by atoms with Gasteiger partial charge in [-0.25, -0.2) is 4.39 Å². The summed E-state index contributed by atoms with van der Waals surface area (Å²) >= 11 is 0. The maximum atomic E-state index is 13.0. The summed E-state index contributed by atoms with van der Waals surface area (Å²) in [7, 11) is 0. The molecule has 0 aliphatic heterocycles. The number of aryl methyl sites for hydroxylation is 2. The van der Waals surface area contributed by atoms with Crippen LogP contribution in [0.5, 0.6) is 0 Å². The average molecular weight is 291 g/mol. The quantitative estimate of drug-likeness (QED) is 0.850. The molecule has 2 N–H and O–H groups in total. The van der Waals surface area contributed by atoms with Crippen molar-refractivity contribution in [3.8, 4) is 0 Å². The first-order valence-corrected chi connectivity index (χ1v) is 6.34. The largest absolute Gasteiger partial charge is 0.359 e. The van der Waals surface area contributed by atoms with Crippen LogP contribution < -0.4 is 10.6 Å². The molecule has 1 heterocycles. The van der Waals surface area contributed by atoms with Crippen LogP contribution in [0.15, 0.2) is 28.8 Å². The molecule has 0 fully saturated rings. The first kappa shape index (κ1) is 14.7. The zero-order chi connectivity index (χ0) is 15.4. The second kappa shape index (κ2) is 6.17. The fourth-order valence-electron chi connectivity index (χ4n) is 1.74. The molecule has 1 aromatic carbocycles. The van der Waals surface area contributed by atoms with Gasteiger partial charge in [-0.15, -0.1) is 0 Å². The van der Waals surface area contributed by atoms with Crippen LogP contribution in [0, 0.1) is 12.7 Å². The van der Waals surface area contributed by atoms with Crippen LogP contribution in [0.4, 0.5) is 15.8 Å². The van der Waals surface area contributed by atoms with E-state index in [-0.39, 0.29) is 5.69 Å². The summed E-state index contributed by atoms with van der Waals surface area (Å²) in [5.74, 6) is -1.79. The Balaban J connectivity index is 2.06. The van der Waals surface area contributed by atoms with Crippen LogP contribution in [-0.4, -0.2) is 17.0 Å². The van der Waals surface area contributed by atoms with Crippen molar-refractivity contribution in [2.24, 2.45) is 0 Å². The summed E-state index contributed by atoms with van der Waals surface area (Å²) < 4.78 is 18.0. The summed E-state index contributed by atoms with van der Waals surface area (Å²) in [6.45, 7) is 3.49. The molecule has 0 atom stereocenters. The van der Waals surface area contributed by atoms with Crippen molar-refractivity contribution in [1.82, 2.24) is 5.16 Å². The highest BCUT2D eigenvalue weighted by atomic mass is 19.1. The molecule has 0 radical (unpaired) electrons. The summed E-state index contributed by atoms with van der Waals surface area (Å²) in [4.78, 5) is 23.6. The molecule has 0 aliphatic carbocycles. The normalized spacial score (nSPS) is 10.2. The van der Waals surface area contributed by atoms with Gasteiger partial charge in [0.15, 0.2) is 5.76 Å². The Hall–Kier alpha value is -2.70. The van der Waals surface area contributed by atoms with Gasteiger partial charge < -0.3 is 15.2 Å². The number of aromatic nitrogens is 1. The topological polar surface area (TPSA) is 84.2 Å². The minimum absolute atomic E-state index is 0.202. The number of hydrogen-bond donors (Lipinski definition) is 2. The molecule has 0 aliphatic rings. The molecule has 0 unspecified atom stereocenters. The molecule has 0 saturated carbocycles. The van der Waals surface area contributed by atoms with E-state index in [1.165, 1.54) is 18.2 Å². The SMILES string of the molecule is CCc1onc(C)c1NC(=O)C(=O)Nc1cccc(F)c1. The first-order chi connectivity index (χ1) is 10.0. The number of rotatable bonds is 3. The number of carbonyl (C=O) groups excluding carboxylic acids is 2. The zero-order valence-corrected chi connectivity index (χ0v) is 11.6. The van der Waals surface area contributed by atoms with Crippen molar-refractivity contribution in [2.45, 2.75) is 20.3 Å². The Morgan fingerprint density at radius 2 is 2.00 bits per heavy atom. The smallest absolute Gasteiger partial charge is 0.314 e. The lowest BCUT2D eigenvalue weighted by Gasteiger charge is -2.06. The lowest BCUT2D eigenvalue weighted by molar-refractivity contribution is -0.133. The van der Waals surface area contributed by atoms with Crippen molar-refractivity contribution >= 4 is 23.2 Å². The minimum Gasteiger partial charge on any atom is -0.359 e. The van der Waals surface area contributed by atoms with E-state index in [0.29, 0.717) is 23.6 Å². The van der Waals surface area contributed by atoms with E-state index in [9.17, 15) is 14.0 Å². The van der Waals surface area contributed by atoms with E-state index >= 15 is 0 Å². The first-order valence-electron chi connectivity index (χ1n) is 6.34. The van der Waals surface area contributed by atoms with Gasteiger partial charge >= 0.3 is 11.8 Å². The molecule has 110 valence electrons. The third kappa shape index (κ3) is 3.44. The van der Waals surface area contributed by atoms with E-state index in [4.69, 9.17) is 4.52 Å². The Kier molecular flexibility index (Phi) is 4.32. The van der Waals surface area contributed by atoms with Gasteiger partial charge in [-0.3, -0.25) is 9.59 Å². The summed E-state index contributed by atoms with van der Waals surface area (Å²) in [5, 5.41) is 8.48. The number of nitrogens with one attached hydrogen (secondary N) is 2. The standard InChI is InChI=1S/C14H14FN3O3/c1-3-11-12(8(2)18-21-11)17-14(20)13(19)16-10-6-4-5-9(15)7-10/h4-7H,3H2,1-2H3,(H,16,19)(H,17,20). The van der Waals surface area contributed by atoms with Gasteiger partial charge in [-0.05, 0) is 25.1 Å². The summed E-state index contributed by atoms with van der Waals surface area (Å²) in [6.07, 6.45) is 0.530. The Morgan fingerprint density at radius 3 is 2.67 bits per heavy atom. The van der Waals surface area contributed by atoms with Crippen LogP contribution in [0.1, 0.15) is 18.4 Å². The number of nitrogens with zero attached hydrogens (tertiary/aromatic N) is 1. The highest BCUT2D eigenvalue weighted by molar-refractivity contribution is 6.43.